The van der Waals surface area contributed by atoms with E-state index in [1.54, 1.807) is 6.20 Å². The van der Waals surface area contributed by atoms with Gasteiger partial charge in [-0.2, -0.15) is 0 Å². The predicted octanol–water partition coefficient (Wildman–Crippen LogP) is 6.19. The molecule has 0 saturated heterocycles. The van der Waals surface area contributed by atoms with Crippen molar-refractivity contribution in [2.45, 2.75) is 20.8 Å². The second kappa shape index (κ2) is 6.50. The number of fused-ring (bicyclic) bond motifs is 3. The molecule has 0 fully saturated rings. The van der Waals surface area contributed by atoms with Crippen molar-refractivity contribution in [2.75, 3.05) is 0 Å². The van der Waals surface area contributed by atoms with Crippen molar-refractivity contribution >= 4 is 44.8 Å². The molecule has 2 heterocycles. The van der Waals surface area contributed by atoms with Crippen LogP contribution in [0, 0.1) is 13.8 Å². The van der Waals surface area contributed by atoms with Gasteiger partial charge < -0.3 is 0 Å². The molecule has 0 spiro atoms. The summed E-state index contributed by atoms with van der Waals surface area (Å²) in [7, 11) is 0. The lowest BCUT2D eigenvalue weighted by atomic mass is 10.1. The number of hydrogen-bond donors (Lipinski definition) is 0. The Morgan fingerprint density at radius 2 is 1.69 bits per heavy atom. The molecule has 2 aromatic heterocycles. The highest BCUT2D eigenvalue weighted by Gasteiger charge is 2.09. The van der Waals surface area contributed by atoms with Crippen molar-refractivity contribution < 1.29 is 0 Å². The molecule has 0 aliphatic carbocycles. The monoisotopic (exact) mass is 359 g/mol. The van der Waals surface area contributed by atoms with Crippen LogP contribution in [0.1, 0.15) is 23.7 Å². The first-order valence-corrected chi connectivity index (χ1v) is 8.87. The van der Waals surface area contributed by atoms with Gasteiger partial charge in [0.25, 0.3) is 0 Å². The summed E-state index contributed by atoms with van der Waals surface area (Å²) < 4.78 is 0. The van der Waals surface area contributed by atoms with E-state index in [1.807, 2.05) is 45.0 Å². The number of nitrogens with zero attached hydrogens (tertiary/aromatic N) is 3. The van der Waals surface area contributed by atoms with Gasteiger partial charge in [0.2, 0.25) is 0 Å². The summed E-state index contributed by atoms with van der Waals surface area (Å²) in [5.74, 6) is 0. The minimum atomic E-state index is 0.662. The number of halogens is 1. The lowest BCUT2D eigenvalue weighted by Crippen LogP contribution is -1.99. The molecular formula is C22H18ClN3. The summed E-state index contributed by atoms with van der Waals surface area (Å²) in [6, 6.07) is 16.2. The molecule has 0 N–H and O–H groups in total. The molecule has 4 heteroatoms. The summed E-state index contributed by atoms with van der Waals surface area (Å²) in [6.45, 7) is 6.01. The fraction of sp³-hybridized carbons (Fsp3) is 0.136. The van der Waals surface area contributed by atoms with E-state index in [-0.39, 0.29) is 0 Å². The molecule has 0 saturated carbocycles. The van der Waals surface area contributed by atoms with Gasteiger partial charge in [-0.3, -0.25) is 4.98 Å². The SMILES string of the molecule is CC(=Nc1c(C)cc(C)cc1Cl)c1ccc2ccc3cccnc3c2n1. The van der Waals surface area contributed by atoms with E-state index < -0.39 is 0 Å². The van der Waals surface area contributed by atoms with E-state index in [2.05, 4.69) is 29.2 Å². The Morgan fingerprint density at radius 3 is 2.46 bits per heavy atom. The highest BCUT2D eigenvalue weighted by molar-refractivity contribution is 6.33. The topological polar surface area (TPSA) is 38.1 Å². The summed E-state index contributed by atoms with van der Waals surface area (Å²) in [5, 5.41) is 2.81. The molecule has 0 amide bonds. The quantitative estimate of drug-likeness (QED) is 0.316. The normalized spacial score (nSPS) is 12.1. The van der Waals surface area contributed by atoms with Gasteiger partial charge in [-0.1, -0.05) is 41.9 Å². The van der Waals surface area contributed by atoms with Crippen LogP contribution < -0.4 is 0 Å². The van der Waals surface area contributed by atoms with Gasteiger partial charge >= 0.3 is 0 Å². The fourth-order valence-corrected chi connectivity index (χ4v) is 3.56. The molecule has 0 aliphatic heterocycles. The van der Waals surface area contributed by atoms with Gasteiger partial charge in [0.05, 0.1) is 33.1 Å². The first-order chi connectivity index (χ1) is 12.5. The van der Waals surface area contributed by atoms with Gasteiger partial charge in [0.15, 0.2) is 0 Å². The Balaban J connectivity index is 1.87. The third-order valence-corrected chi connectivity index (χ3v) is 4.77. The first kappa shape index (κ1) is 16.7. The maximum Gasteiger partial charge on any atom is 0.0972 e. The predicted molar refractivity (Wildman–Crippen MR) is 110 cm³/mol. The van der Waals surface area contributed by atoms with Crippen LogP contribution in [0.4, 0.5) is 5.69 Å². The van der Waals surface area contributed by atoms with Crippen molar-refractivity contribution in [1.29, 1.82) is 0 Å². The minimum Gasteiger partial charge on any atom is -0.254 e. The van der Waals surface area contributed by atoms with Crippen molar-refractivity contribution in [2.24, 2.45) is 4.99 Å². The Hall–Kier alpha value is -2.78. The number of aromatic nitrogens is 2. The molecule has 0 atom stereocenters. The maximum atomic E-state index is 6.40. The molecule has 0 aliphatic rings. The smallest absolute Gasteiger partial charge is 0.0972 e. The lowest BCUT2D eigenvalue weighted by molar-refractivity contribution is 1.31. The van der Waals surface area contributed by atoms with Crippen LogP contribution in [-0.2, 0) is 0 Å². The van der Waals surface area contributed by atoms with Crippen LogP contribution in [-0.4, -0.2) is 15.7 Å². The van der Waals surface area contributed by atoms with Crippen molar-refractivity contribution in [3.8, 4) is 0 Å². The molecular weight excluding hydrogens is 342 g/mol. The number of aryl methyl sites for hydroxylation is 2. The van der Waals surface area contributed by atoms with Crippen molar-refractivity contribution in [3.63, 3.8) is 0 Å². The minimum absolute atomic E-state index is 0.662. The summed E-state index contributed by atoms with van der Waals surface area (Å²) >= 11 is 6.40. The number of aliphatic imine (C=N–C) groups is 1. The van der Waals surface area contributed by atoms with Crippen LogP contribution in [0.25, 0.3) is 21.8 Å². The van der Waals surface area contributed by atoms with E-state index >= 15 is 0 Å². The maximum absolute atomic E-state index is 6.40. The summed E-state index contributed by atoms with van der Waals surface area (Å²) in [4.78, 5) is 14.1. The zero-order valence-corrected chi connectivity index (χ0v) is 15.7. The summed E-state index contributed by atoms with van der Waals surface area (Å²) in [5.41, 5.74) is 6.44. The van der Waals surface area contributed by atoms with E-state index in [0.29, 0.717) is 5.02 Å². The molecule has 0 unspecified atom stereocenters. The van der Waals surface area contributed by atoms with E-state index in [9.17, 15) is 0 Å². The molecule has 4 aromatic rings. The van der Waals surface area contributed by atoms with Crippen LogP contribution >= 0.6 is 11.6 Å². The molecule has 4 rings (SSSR count). The van der Waals surface area contributed by atoms with Gasteiger partial charge in [-0.25, -0.2) is 9.98 Å². The van der Waals surface area contributed by atoms with Gasteiger partial charge in [-0.15, -0.1) is 0 Å². The Kier molecular flexibility index (Phi) is 4.17. The largest absolute Gasteiger partial charge is 0.254 e. The fourth-order valence-electron chi connectivity index (χ4n) is 3.20. The Morgan fingerprint density at radius 1 is 0.962 bits per heavy atom. The van der Waals surface area contributed by atoms with Gasteiger partial charge in [-0.05, 0) is 50.1 Å². The Bertz CT molecular complexity index is 1160. The molecule has 128 valence electrons. The zero-order valence-electron chi connectivity index (χ0n) is 14.9. The van der Waals surface area contributed by atoms with Crippen molar-refractivity contribution in [1.82, 2.24) is 9.97 Å². The molecule has 2 aromatic carbocycles. The lowest BCUT2D eigenvalue weighted by Gasteiger charge is -2.08. The first-order valence-electron chi connectivity index (χ1n) is 8.50. The third-order valence-electron chi connectivity index (χ3n) is 4.48. The van der Waals surface area contributed by atoms with Gasteiger partial charge in [0, 0.05) is 17.0 Å². The highest BCUT2D eigenvalue weighted by atomic mass is 35.5. The number of hydrogen-bond acceptors (Lipinski definition) is 3. The highest BCUT2D eigenvalue weighted by Crippen LogP contribution is 2.31. The molecule has 0 bridgehead atoms. The van der Waals surface area contributed by atoms with Crippen LogP contribution in [0.5, 0.6) is 0 Å². The van der Waals surface area contributed by atoms with Crippen LogP contribution in [0.15, 0.2) is 59.7 Å². The third kappa shape index (κ3) is 2.95. The number of pyridine rings is 2. The second-order valence-corrected chi connectivity index (χ2v) is 6.93. The van der Waals surface area contributed by atoms with Crippen molar-refractivity contribution in [3.05, 3.63) is 76.6 Å². The van der Waals surface area contributed by atoms with E-state index in [1.165, 1.54) is 0 Å². The average Bonchev–Trinajstić information content (AvgIpc) is 2.64. The standard InChI is InChI=1S/C22H18ClN3/c1-13-11-14(2)20(18(23)12-13)25-15(3)19-9-8-17-7-6-16-5-4-10-24-21(16)22(17)26-19/h4-12H,1-3H3. The molecule has 3 nitrogen and oxygen atoms in total. The van der Waals surface area contributed by atoms with Gasteiger partial charge in [0.1, 0.15) is 0 Å². The number of benzene rings is 2. The molecule has 0 radical (unpaired) electrons. The number of rotatable bonds is 2. The van der Waals surface area contributed by atoms with E-state index in [4.69, 9.17) is 21.6 Å². The zero-order chi connectivity index (χ0) is 18.3. The second-order valence-electron chi connectivity index (χ2n) is 6.52. The Labute approximate surface area is 157 Å². The van der Waals surface area contributed by atoms with Crippen LogP contribution in [0.3, 0.4) is 0 Å². The molecule has 26 heavy (non-hydrogen) atoms. The van der Waals surface area contributed by atoms with Crippen LogP contribution in [0.2, 0.25) is 5.02 Å². The average molecular weight is 360 g/mol. The summed E-state index contributed by atoms with van der Waals surface area (Å²) in [6.07, 6.45) is 1.80. The van der Waals surface area contributed by atoms with E-state index in [0.717, 1.165) is 50.0 Å².